The van der Waals surface area contributed by atoms with Crippen molar-refractivity contribution in [2.45, 2.75) is 46.0 Å². The number of carbonyl (C=O) groups is 1. The van der Waals surface area contributed by atoms with Gasteiger partial charge in [-0.1, -0.05) is 0 Å². The minimum Gasteiger partial charge on any atom is -0.389 e. The maximum absolute atomic E-state index is 13.2. The first kappa shape index (κ1) is 25.2. The maximum atomic E-state index is 13.2. The number of pyridine rings is 1. The molecule has 8 nitrogen and oxygen atoms in total. The van der Waals surface area contributed by atoms with Gasteiger partial charge >= 0.3 is 6.18 Å². The van der Waals surface area contributed by atoms with Crippen LogP contribution in [0.1, 0.15) is 41.2 Å². The lowest BCUT2D eigenvalue weighted by atomic mass is 10.1. The van der Waals surface area contributed by atoms with Crippen molar-refractivity contribution in [1.82, 2.24) is 24.7 Å². The summed E-state index contributed by atoms with van der Waals surface area (Å²) in [7, 11) is 1.64. The summed E-state index contributed by atoms with van der Waals surface area (Å²) in [6, 6.07) is 7.87. The van der Waals surface area contributed by atoms with Crippen molar-refractivity contribution < 1.29 is 23.1 Å². The van der Waals surface area contributed by atoms with Gasteiger partial charge < -0.3 is 10.0 Å². The van der Waals surface area contributed by atoms with Crippen LogP contribution < -0.4 is 4.90 Å². The zero-order chi connectivity index (χ0) is 26.4. The Balaban J connectivity index is 1.64. The molecular weight excluding hydrogens is 473 g/mol. The summed E-state index contributed by atoms with van der Waals surface area (Å²) in [5, 5.41) is 14.3. The highest BCUT2D eigenvalue weighted by Crippen LogP contribution is 2.31. The fraction of sp³-hybridized carbons (Fsp3) is 0.320. The SMILES string of the molecule is Cc1cc(-c2ncc3nc(C(F)(F)F)cc(C)c3n2)ccc1N(C)C(=O)c1ccnn1CC(C)(C)O. The predicted octanol–water partition coefficient (Wildman–Crippen LogP) is 4.57. The van der Waals surface area contributed by atoms with Crippen molar-refractivity contribution in [3.63, 3.8) is 0 Å². The largest absolute Gasteiger partial charge is 0.433 e. The first-order valence-electron chi connectivity index (χ1n) is 11.1. The van der Waals surface area contributed by atoms with Crippen LogP contribution in [0.4, 0.5) is 18.9 Å². The van der Waals surface area contributed by atoms with Crippen molar-refractivity contribution in [2.24, 2.45) is 0 Å². The number of aryl methyl sites for hydroxylation is 2. The lowest BCUT2D eigenvalue weighted by molar-refractivity contribution is -0.141. The number of benzene rings is 1. The van der Waals surface area contributed by atoms with Gasteiger partial charge in [0.25, 0.3) is 5.91 Å². The van der Waals surface area contributed by atoms with Crippen LogP contribution in [0.2, 0.25) is 0 Å². The van der Waals surface area contributed by atoms with Crippen LogP contribution in [-0.4, -0.2) is 48.4 Å². The molecule has 1 amide bonds. The van der Waals surface area contributed by atoms with E-state index >= 15 is 0 Å². The molecule has 3 heterocycles. The molecule has 11 heteroatoms. The van der Waals surface area contributed by atoms with Crippen LogP contribution in [0.15, 0.2) is 42.7 Å². The minimum absolute atomic E-state index is 0.0624. The summed E-state index contributed by atoms with van der Waals surface area (Å²) in [5.74, 6) is 0.0377. The molecule has 3 aromatic heterocycles. The van der Waals surface area contributed by atoms with Gasteiger partial charge in [-0.15, -0.1) is 0 Å². The third-order valence-corrected chi connectivity index (χ3v) is 5.62. The molecule has 0 saturated heterocycles. The normalized spacial score (nSPS) is 12.2. The molecule has 0 fully saturated rings. The van der Waals surface area contributed by atoms with E-state index in [0.717, 1.165) is 11.6 Å². The van der Waals surface area contributed by atoms with Crippen LogP contribution in [0, 0.1) is 13.8 Å². The van der Waals surface area contributed by atoms with E-state index in [2.05, 4.69) is 20.1 Å². The Hall–Kier alpha value is -3.86. The summed E-state index contributed by atoms with van der Waals surface area (Å²) in [6.45, 7) is 6.81. The molecule has 0 aliphatic carbocycles. The highest BCUT2D eigenvalue weighted by atomic mass is 19.4. The number of aromatic nitrogens is 5. The second-order valence-corrected chi connectivity index (χ2v) is 9.30. The highest BCUT2D eigenvalue weighted by Gasteiger charge is 2.33. The van der Waals surface area contributed by atoms with Gasteiger partial charge in [-0.05, 0) is 69.2 Å². The molecule has 4 aromatic rings. The fourth-order valence-corrected chi connectivity index (χ4v) is 3.93. The quantitative estimate of drug-likeness (QED) is 0.433. The van der Waals surface area contributed by atoms with Crippen molar-refractivity contribution in [3.05, 3.63) is 65.2 Å². The average molecular weight is 499 g/mol. The second-order valence-electron chi connectivity index (χ2n) is 9.30. The molecule has 188 valence electrons. The molecule has 0 spiro atoms. The van der Waals surface area contributed by atoms with Gasteiger partial charge in [0, 0.05) is 24.5 Å². The van der Waals surface area contributed by atoms with Crippen molar-refractivity contribution >= 4 is 22.6 Å². The molecule has 0 aliphatic heterocycles. The average Bonchev–Trinajstić information content (AvgIpc) is 3.23. The van der Waals surface area contributed by atoms with Gasteiger partial charge in [-0.25, -0.2) is 15.0 Å². The standard InChI is InChI=1S/C25H25F3N6O2/c1-14-10-16(22-29-12-17-21(32-22)15(2)11-20(31-17)25(26,27)28)6-7-18(14)33(5)23(35)19-8-9-30-34(19)13-24(3,4)36/h6-12,36H,13H2,1-5H3. The zero-order valence-corrected chi connectivity index (χ0v) is 20.4. The van der Waals surface area contributed by atoms with E-state index in [1.54, 1.807) is 52.1 Å². The van der Waals surface area contributed by atoms with Crippen LogP contribution in [0.5, 0.6) is 0 Å². The molecule has 0 unspecified atom stereocenters. The Morgan fingerprint density at radius 2 is 1.81 bits per heavy atom. The number of aliphatic hydroxyl groups is 1. The maximum Gasteiger partial charge on any atom is 0.433 e. The van der Waals surface area contributed by atoms with Gasteiger partial charge in [0.2, 0.25) is 0 Å². The Morgan fingerprint density at radius 1 is 1.08 bits per heavy atom. The molecule has 0 saturated carbocycles. The molecule has 0 bridgehead atoms. The van der Waals surface area contributed by atoms with E-state index < -0.39 is 17.5 Å². The van der Waals surface area contributed by atoms with E-state index in [1.807, 2.05) is 6.92 Å². The lowest BCUT2D eigenvalue weighted by Crippen LogP contribution is -2.33. The number of hydrogen-bond acceptors (Lipinski definition) is 6. The molecule has 1 aromatic carbocycles. The molecule has 1 N–H and O–H groups in total. The highest BCUT2D eigenvalue weighted by molar-refractivity contribution is 6.05. The predicted molar refractivity (Wildman–Crippen MR) is 129 cm³/mol. The first-order chi connectivity index (χ1) is 16.7. The summed E-state index contributed by atoms with van der Waals surface area (Å²) in [5.41, 5.74) is 1.11. The first-order valence-corrected chi connectivity index (χ1v) is 11.1. The van der Waals surface area contributed by atoms with Crippen molar-refractivity contribution in [1.29, 1.82) is 0 Å². The van der Waals surface area contributed by atoms with E-state index in [-0.39, 0.29) is 18.0 Å². The molecule has 0 aliphatic rings. The number of alkyl halides is 3. The third kappa shape index (κ3) is 5.06. The van der Waals surface area contributed by atoms with Crippen LogP contribution in [-0.2, 0) is 12.7 Å². The summed E-state index contributed by atoms with van der Waals surface area (Å²) in [4.78, 5) is 27.0. The Kier molecular flexibility index (Phi) is 6.29. The Morgan fingerprint density at radius 3 is 2.44 bits per heavy atom. The lowest BCUT2D eigenvalue weighted by Gasteiger charge is -2.22. The van der Waals surface area contributed by atoms with E-state index in [0.29, 0.717) is 33.8 Å². The number of amides is 1. The van der Waals surface area contributed by atoms with E-state index in [1.165, 1.54) is 22.0 Å². The topological polar surface area (TPSA) is 97.0 Å². The summed E-state index contributed by atoms with van der Waals surface area (Å²) in [6.07, 6.45) is -1.77. The smallest absolute Gasteiger partial charge is 0.389 e. The van der Waals surface area contributed by atoms with Crippen molar-refractivity contribution in [3.8, 4) is 11.4 Å². The van der Waals surface area contributed by atoms with Crippen molar-refractivity contribution in [2.75, 3.05) is 11.9 Å². The van der Waals surface area contributed by atoms with E-state index in [9.17, 15) is 23.1 Å². The third-order valence-electron chi connectivity index (χ3n) is 5.62. The number of carbonyl (C=O) groups excluding carboxylic acids is 1. The Bertz CT molecular complexity index is 1460. The number of rotatable bonds is 5. The zero-order valence-electron chi connectivity index (χ0n) is 20.4. The van der Waals surface area contributed by atoms with Gasteiger partial charge in [-0.3, -0.25) is 9.48 Å². The second kappa shape index (κ2) is 8.98. The van der Waals surface area contributed by atoms with Gasteiger partial charge in [0.1, 0.15) is 16.9 Å². The molecule has 36 heavy (non-hydrogen) atoms. The van der Waals surface area contributed by atoms with Crippen LogP contribution in [0.25, 0.3) is 22.4 Å². The number of nitrogens with zero attached hydrogens (tertiary/aromatic N) is 6. The minimum atomic E-state index is -4.56. The fourth-order valence-electron chi connectivity index (χ4n) is 3.93. The number of hydrogen-bond donors (Lipinski definition) is 1. The van der Waals surface area contributed by atoms with Gasteiger partial charge in [-0.2, -0.15) is 18.3 Å². The van der Waals surface area contributed by atoms with E-state index in [4.69, 9.17) is 0 Å². The van der Waals surface area contributed by atoms with Gasteiger partial charge in [0.05, 0.1) is 23.9 Å². The molecular formula is C25H25F3N6O2. The number of fused-ring (bicyclic) bond motifs is 1. The molecule has 4 rings (SSSR count). The molecule has 0 radical (unpaired) electrons. The van der Waals surface area contributed by atoms with Gasteiger partial charge in [0.15, 0.2) is 5.82 Å². The number of anilines is 1. The van der Waals surface area contributed by atoms with Crippen LogP contribution in [0.3, 0.4) is 0 Å². The summed E-state index contributed by atoms with van der Waals surface area (Å²) >= 11 is 0. The van der Waals surface area contributed by atoms with Crippen LogP contribution >= 0.6 is 0 Å². The number of halogens is 3. The monoisotopic (exact) mass is 498 g/mol. The Labute approximate surface area is 205 Å². The summed E-state index contributed by atoms with van der Waals surface area (Å²) < 4.78 is 40.7. The molecule has 0 atom stereocenters.